The zero-order chi connectivity index (χ0) is 22.0. The molecule has 0 saturated carbocycles. The van der Waals surface area contributed by atoms with Crippen LogP contribution in [-0.2, 0) is 17.7 Å². The number of nitrogens with one attached hydrogen (secondary N) is 1. The van der Waals surface area contributed by atoms with Crippen molar-refractivity contribution < 1.29 is 14.6 Å². The number of fused-ring (bicyclic) bond motifs is 1. The average molecular weight is 426 g/mol. The molecule has 1 fully saturated rings. The number of benzene rings is 1. The van der Waals surface area contributed by atoms with Crippen molar-refractivity contribution >= 4 is 23.4 Å². The second-order valence-corrected chi connectivity index (χ2v) is 9.21. The van der Waals surface area contributed by atoms with E-state index in [1.54, 1.807) is 4.90 Å². The summed E-state index contributed by atoms with van der Waals surface area (Å²) < 4.78 is 5.50. The van der Waals surface area contributed by atoms with Gasteiger partial charge in [-0.2, -0.15) is 0 Å². The molecule has 31 heavy (non-hydrogen) atoms. The molecule has 0 atom stereocenters. The Balaban J connectivity index is 1.40. The van der Waals surface area contributed by atoms with Crippen LogP contribution in [0.15, 0.2) is 30.5 Å². The summed E-state index contributed by atoms with van der Waals surface area (Å²) in [7, 11) is 0. The van der Waals surface area contributed by atoms with Crippen LogP contribution < -0.4 is 10.2 Å². The number of hydrogen-bond donors (Lipinski definition) is 2. The van der Waals surface area contributed by atoms with Crippen molar-refractivity contribution in [1.29, 1.82) is 0 Å². The molecule has 2 N–H and O–H groups in total. The molecule has 3 heterocycles. The fourth-order valence-electron chi connectivity index (χ4n) is 3.85. The van der Waals surface area contributed by atoms with E-state index in [0.29, 0.717) is 25.5 Å². The second-order valence-electron chi connectivity index (χ2n) is 9.21. The van der Waals surface area contributed by atoms with Crippen molar-refractivity contribution in [3.8, 4) is 0 Å². The average Bonchev–Trinajstić information content (AvgIpc) is 2.73. The fraction of sp³-hybridized carbons (Fsp3) is 0.522. The summed E-state index contributed by atoms with van der Waals surface area (Å²) in [4.78, 5) is 25.5. The van der Waals surface area contributed by atoms with Gasteiger partial charge in [-0.15, -0.1) is 0 Å². The number of rotatable bonds is 3. The Hall–Kier alpha value is -2.87. The molecule has 1 aromatic heterocycles. The van der Waals surface area contributed by atoms with E-state index >= 15 is 0 Å². The SMILES string of the molecule is CC(C)(C)OC(=O)N1CCc2cnc(Nc3ccc(N4CCC(O)CC4)cc3)nc2C1. The van der Waals surface area contributed by atoms with Crippen LogP contribution in [-0.4, -0.2) is 57.4 Å². The van der Waals surface area contributed by atoms with Crippen LogP contribution in [0.1, 0.15) is 44.9 Å². The monoisotopic (exact) mass is 425 g/mol. The molecular formula is C23H31N5O3. The highest BCUT2D eigenvalue weighted by atomic mass is 16.6. The van der Waals surface area contributed by atoms with Crippen LogP contribution in [0.4, 0.5) is 22.1 Å². The van der Waals surface area contributed by atoms with Gasteiger partial charge in [-0.05, 0) is 69.9 Å². The third kappa shape index (κ3) is 5.44. The molecule has 8 nitrogen and oxygen atoms in total. The molecule has 8 heteroatoms. The number of aromatic nitrogens is 2. The minimum atomic E-state index is -0.518. The standard InChI is InChI=1S/C23H31N5O3/c1-23(2,3)31-22(30)28-11-8-16-14-24-21(26-20(16)15-28)25-17-4-6-18(7-5-17)27-12-9-19(29)10-13-27/h4-7,14,19,29H,8-13,15H2,1-3H3,(H,24,25,26). The number of piperidine rings is 1. The van der Waals surface area contributed by atoms with E-state index in [4.69, 9.17) is 4.74 Å². The number of aliphatic hydroxyl groups is 1. The number of carbonyl (C=O) groups is 1. The molecule has 0 spiro atoms. The van der Waals surface area contributed by atoms with Crippen molar-refractivity contribution in [1.82, 2.24) is 14.9 Å². The first kappa shape index (κ1) is 21.4. The van der Waals surface area contributed by atoms with E-state index in [9.17, 15) is 9.90 Å². The molecule has 166 valence electrons. The predicted molar refractivity (Wildman–Crippen MR) is 120 cm³/mol. The Kier molecular flexibility index (Phi) is 6.00. The Bertz CT molecular complexity index is 918. The number of carbonyl (C=O) groups excluding carboxylic acids is 1. The predicted octanol–water partition coefficient (Wildman–Crippen LogP) is 3.47. The van der Waals surface area contributed by atoms with Crippen LogP contribution in [0.5, 0.6) is 0 Å². The zero-order valence-electron chi connectivity index (χ0n) is 18.5. The van der Waals surface area contributed by atoms with E-state index in [0.717, 1.165) is 48.6 Å². The highest BCUT2D eigenvalue weighted by Gasteiger charge is 2.27. The van der Waals surface area contributed by atoms with Crippen molar-refractivity contribution in [3.63, 3.8) is 0 Å². The van der Waals surface area contributed by atoms with Crippen molar-refractivity contribution in [2.24, 2.45) is 0 Å². The van der Waals surface area contributed by atoms with Gasteiger partial charge in [0.15, 0.2) is 0 Å². The molecule has 1 amide bonds. The molecule has 0 unspecified atom stereocenters. The highest BCUT2D eigenvalue weighted by molar-refractivity contribution is 5.68. The summed E-state index contributed by atoms with van der Waals surface area (Å²) >= 11 is 0. The van der Waals surface area contributed by atoms with Gasteiger partial charge in [0.25, 0.3) is 0 Å². The topological polar surface area (TPSA) is 90.8 Å². The van der Waals surface area contributed by atoms with Gasteiger partial charge in [-0.25, -0.2) is 14.8 Å². The summed E-state index contributed by atoms with van der Waals surface area (Å²) in [6.07, 6.45) is 3.68. The van der Waals surface area contributed by atoms with E-state index < -0.39 is 5.60 Å². The summed E-state index contributed by atoms with van der Waals surface area (Å²) in [5.74, 6) is 0.513. The van der Waals surface area contributed by atoms with Crippen molar-refractivity contribution in [2.75, 3.05) is 29.9 Å². The molecule has 2 aromatic rings. The third-order valence-corrected chi connectivity index (χ3v) is 5.55. The number of anilines is 3. The Morgan fingerprint density at radius 1 is 1.16 bits per heavy atom. The van der Waals surface area contributed by atoms with Gasteiger partial charge in [0.1, 0.15) is 5.60 Å². The lowest BCUT2D eigenvalue weighted by molar-refractivity contribution is 0.0220. The number of amides is 1. The maximum atomic E-state index is 12.4. The normalized spacial score (nSPS) is 17.3. The van der Waals surface area contributed by atoms with Crippen molar-refractivity contribution in [2.45, 2.75) is 58.3 Å². The maximum absolute atomic E-state index is 12.4. The van der Waals surface area contributed by atoms with Gasteiger partial charge in [-0.3, -0.25) is 0 Å². The molecule has 1 saturated heterocycles. The van der Waals surface area contributed by atoms with E-state index in [2.05, 4.69) is 32.3 Å². The minimum absolute atomic E-state index is 0.176. The smallest absolute Gasteiger partial charge is 0.410 e. The van der Waals surface area contributed by atoms with E-state index in [1.807, 2.05) is 39.1 Å². The van der Waals surface area contributed by atoms with Gasteiger partial charge < -0.3 is 25.0 Å². The number of aliphatic hydroxyl groups excluding tert-OH is 1. The first-order valence-electron chi connectivity index (χ1n) is 10.9. The molecule has 1 aromatic carbocycles. The quantitative estimate of drug-likeness (QED) is 0.778. The van der Waals surface area contributed by atoms with Gasteiger partial charge in [-0.1, -0.05) is 0 Å². The van der Waals surface area contributed by atoms with E-state index in [-0.39, 0.29) is 12.2 Å². The van der Waals surface area contributed by atoms with Crippen LogP contribution in [0.2, 0.25) is 0 Å². The number of hydrogen-bond acceptors (Lipinski definition) is 7. The highest BCUT2D eigenvalue weighted by Crippen LogP contribution is 2.24. The lowest BCUT2D eigenvalue weighted by atomic mass is 10.1. The largest absolute Gasteiger partial charge is 0.444 e. The lowest BCUT2D eigenvalue weighted by Gasteiger charge is -2.31. The van der Waals surface area contributed by atoms with Gasteiger partial charge >= 0.3 is 6.09 Å². The first-order valence-corrected chi connectivity index (χ1v) is 10.9. The molecule has 0 aliphatic carbocycles. The van der Waals surface area contributed by atoms with Crippen LogP contribution in [0, 0.1) is 0 Å². The zero-order valence-corrected chi connectivity index (χ0v) is 18.5. The van der Waals surface area contributed by atoms with Gasteiger partial charge in [0, 0.05) is 37.2 Å². The molecule has 0 radical (unpaired) electrons. The number of nitrogens with zero attached hydrogens (tertiary/aromatic N) is 4. The molecule has 4 rings (SSSR count). The minimum Gasteiger partial charge on any atom is -0.444 e. The fourth-order valence-corrected chi connectivity index (χ4v) is 3.85. The van der Waals surface area contributed by atoms with Crippen molar-refractivity contribution in [3.05, 3.63) is 41.7 Å². The summed E-state index contributed by atoms with van der Waals surface area (Å²) in [6.45, 7) is 8.37. The molecular weight excluding hydrogens is 394 g/mol. The first-order chi connectivity index (χ1) is 14.8. The third-order valence-electron chi connectivity index (χ3n) is 5.55. The summed E-state index contributed by atoms with van der Waals surface area (Å²) in [5, 5.41) is 12.9. The summed E-state index contributed by atoms with van der Waals surface area (Å²) in [6, 6.07) is 8.16. The Labute approximate surface area is 183 Å². The molecule has 2 aliphatic heterocycles. The lowest BCUT2D eigenvalue weighted by Crippen LogP contribution is -2.40. The van der Waals surface area contributed by atoms with Crippen LogP contribution >= 0.6 is 0 Å². The maximum Gasteiger partial charge on any atom is 0.410 e. The number of ether oxygens (including phenoxy) is 1. The molecule has 2 aliphatic rings. The Morgan fingerprint density at radius 3 is 2.55 bits per heavy atom. The van der Waals surface area contributed by atoms with Gasteiger partial charge in [0.05, 0.1) is 18.3 Å². The van der Waals surface area contributed by atoms with E-state index in [1.165, 1.54) is 0 Å². The van der Waals surface area contributed by atoms with Crippen LogP contribution in [0.3, 0.4) is 0 Å². The Morgan fingerprint density at radius 2 is 1.87 bits per heavy atom. The second kappa shape index (κ2) is 8.70. The van der Waals surface area contributed by atoms with Crippen LogP contribution in [0.25, 0.3) is 0 Å². The molecule has 0 bridgehead atoms. The summed E-state index contributed by atoms with van der Waals surface area (Å²) in [5.41, 5.74) is 3.44. The van der Waals surface area contributed by atoms with Gasteiger partial charge in [0.2, 0.25) is 5.95 Å².